The largest absolute Gasteiger partial charge is 0.352 e. The van der Waals surface area contributed by atoms with Crippen LogP contribution in [0.3, 0.4) is 0 Å². The average Bonchev–Trinajstić information content (AvgIpc) is 3.10. The van der Waals surface area contributed by atoms with Gasteiger partial charge < -0.3 is 5.32 Å². The van der Waals surface area contributed by atoms with E-state index in [1.54, 1.807) is 0 Å². The first kappa shape index (κ1) is 17.3. The van der Waals surface area contributed by atoms with E-state index in [1.165, 1.54) is 36.9 Å². The van der Waals surface area contributed by atoms with E-state index in [2.05, 4.69) is 58.7 Å². The molecule has 3 nitrogen and oxygen atoms in total. The van der Waals surface area contributed by atoms with Crippen LogP contribution in [0.1, 0.15) is 49.1 Å². The predicted octanol–water partition coefficient (Wildman–Crippen LogP) is 3.95. The molecular formula is C23H28N2O. The molecule has 2 atom stereocenters. The number of carbonyl (C=O) groups is 1. The summed E-state index contributed by atoms with van der Waals surface area (Å²) in [6, 6.07) is 21.7. The molecule has 0 aliphatic carbocycles. The second-order valence-electron chi connectivity index (χ2n) is 7.64. The summed E-state index contributed by atoms with van der Waals surface area (Å²) in [7, 11) is 0. The molecule has 4 rings (SSSR count). The fraction of sp³-hybridized carbons (Fsp3) is 0.435. The maximum Gasteiger partial charge on any atom is 0.221 e. The third-order valence-corrected chi connectivity index (χ3v) is 6.00. The van der Waals surface area contributed by atoms with Crippen molar-refractivity contribution in [1.29, 1.82) is 0 Å². The second kappa shape index (κ2) is 8.05. The van der Waals surface area contributed by atoms with Crippen molar-refractivity contribution >= 4 is 5.91 Å². The van der Waals surface area contributed by atoms with Gasteiger partial charge in [-0.1, -0.05) is 67.1 Å². The van der Waals surface area contributed by atoms with Gasteiger partial charge in [0, 0.05) is 31.0 Å². The maximum atomic E-state index is 12.9. The first-order valence-corrected chi connectivity index (χ1v) is 9.94. The molecule has 0 saturated carbocycles. The molecule has 136 valence electrons. The Morgan fingerprint density at radius 3 is 2.23 bits per heavy atom. The van der Waals surface area contributed by atoms with Crippen LogP contribution < -0.4 is 5.32 Å². The van der Waals surface area contributed by atoms with Crippen molar-refractivity contribution in [2.75, 3.05) is 13.1 Å². The molecule has 0 radical (unpaired) electrons. The Bertz CT molecular complexity index is 676. The third kappa shape index (κ3) is 3.83. The highest BCUT2D eigenvalue weighted by molar-refractivity contribution is 5.78. The molecule has 0 spiro atoms. The number of fused-ring (bicyclic) bond motifs is 1. The van der Waals surface area contributed by atoms with Gasteiger partial charge in [-0.2, -0.15) is 0 Å². The lowest BCUT2D eigenvalue weighted by Gasteiger charge is -2.32. The predicted molar refractivity (Wildman–Crippen MR) is 105 cm³/mol. The zero-order chi connectivity index (χ0) is 17.8. The second-order valence-corrected chi connectivity index (χ2v) is 7.64. The average molecular weight is 348 g/mol. The number of benzene rings is 2. The van der Waals surface area contributed by atoms with Crippen LogP contribution in [0.2, 0.25) is 0 Å². The molecule has 1 amide bonds. The van der Waals surface area contributed by atoms with Crippen LogP contribution in [0.25, 0.3) is 0 Å². The summed E-state index contributed by atoms with van der Waals surface area (Å²) < 4.78 is 0. The maximum absolute atomic E-state index is 12.9. The van der Waals surface area contributed by atoms with Crippen molar-refractivity contribution in [3.05, 3.63) is 71.8 Å². The van der Waals surface area contributed by atoms with E-state index in [4.69, 9.17) is 0 Å². The normalized spacial score (nSPS) is 23.0. The van der Waals surface area contributed by atoms with Crippen LogP contribution in [0, 0.1) is 0 Å². The Morgan fingerprint density at radius 1 is 0.923 bits per heavy atom. The van der Waals surface area contributed by atoms with E-state index < -0.39 is 0 Å². The molecular weight excluding hydrogens is 320 g/mol. The Morgan fingerprint density at radius 2 is 1.58 bits per heavy atom. The van der Waals surface area contributed by atoms with Crippen molar-refractivity contribution in [3.63, 3.8) is 0 Å². The SMILES string of the molecule is O=C(CC(c1ccccc1)c1ccccc1)N[C@H]1CCN2CCCC[C@@H]12. The van der Waals surface area contributed by atoms with Crippen molar-refractivity contribution in [1.82, 2.24) is 10.2 Å². The summed E-state index contributed by atoms with van der Waals surface area (Å²) in [5, 5.41) is 3.37. The molecule has 3 heteroatoms. The molecule has 2 aliphatic heterocycles. The van der Waals surface area contributed by atoms with E-state index >= 15 is 0 Å². The number of piperidine rings is 1. The van der Waals surface area contributed by atoms with Gasteiger partial charge in [-0.25, -0.2) is 0 Å². The van der Waals surface area contributed by atoms with Gasteiger partial charge >= 0.3 is 0 Å². The Kier molecular flexibility index (Phi) is 5.35. The molecule has 2 aliphatic rings. The van der Waals surface area contributed by atoms with Gasteiger partial charge in [0.2, 0.25) is 5.91 Å². The molecule has 2 saturated heterocycles. The van der Waals surface area contributed by atoms with Crippen LogP contribution in [0.4, 0.5) is 0 Å². The molecule has 2 heterocycles. The Hall–Kier alpha value is -2.13. The molecule has 26 heavy (non-hydrogen) atoms. The molecule has 2 aromatic carbocycles. The van der Waals surface area contributed by atoms with E-state index in [-0.39, 0.29) is 11.8 Å². The van der Waals surface area contributed by atoms with E-state index in [9.17, 15) is 4.79 Å². The number of nitrogens with one attached hydrogen (secondary N) is 1. The van der Waals surface area contributed by atoms with Crippen molar-refractivity contribution < 1.29 is 4.79 Å². The Balaban J connectivity index is 1.46. The first-order valence-electron chi connectivity index (χ1n) is 9.94. The van der Waals surface area contributed by atoms with Gasteiger partial charge in [0.25, 0.3) is 0 Å². The van der Waals surface area contributed by atoms with Gasteiger partial charge in [0.15, 0.2) is 0 Å². The zero-order valence-corrected chi connectivity index (χ0v) is 15.3. The van der Waals surface area contributed by atoms with Gasteiger partial charge in [-0.05, 0) is 36.9 Å². The summed E-state index contributed by atoms with van der Waals surface area (Å²) in [6.07, 6.45) is 5.44. The van der Waals surface area contributed by atoms with Gasteiger partial charge in [0.1, 0.15) is 0 Å². The molecule has 2 fully saturated rings. The summed E-state index contributed by atoms with van der Waals surface area (Å²) in [4.78, 5) is 15.5. The molecule has 0 bridgehead atoms. The van der Waals surface area contributed by atoms with Gasteiger partial charge in [-0.3, -0.25) is 9.69 Å². The monoisotopic (exact) mass is 348 g/mol. The van der Waals surface area contributed by atoms with E-state index in [0.29, 0.717) is 18.5 Å². The van der Waals surface area contributed by atoms with Crippen LogP contribution >= 0.6 is 0 Å². The Labute approximate surface area is 156 Å². The number of hydrogen-bond donors (Lipinski definition) is 1. The summed E-state index contributed by atoms with van der Waals surface area (Å²) >= 11 is 0. The van der Waals surface area contributed by atoms with Crippen LogP contribution in [0.5, 0.6) is 0 Å². The highest BCUT2D eigenvalue weighted by Crippen LogP contribution is 2.30. The summed E-state index contributed by atoms with van der Waals surface area (Å²) in [5.41, 5.74) is 2.42. The highest BCUT2D eigenvalue weighted by atomic mass is 16.1. The minimum Gasteiger partial charge on any atom is -0.352 e. The van der Waals surface area contributed by atoms with Gasteiger partial charge in [0.05, 0.1) is 0 Å². The zero-order valence-electron chi connectivity index (χ0n) is 15.3. The number of nitrogens with zero attached hydrogens (tertiary/aromatic N) is 1. The fourth-order valence-corrected chi connectivity index (χ4v) is 4.67. The lowest BCUT2D eigenvalue weighted by molar-refractivity contribution is -0.122. The third-order valence-electron chi connectivity index (χ3n) is 6.00. The minimum absolute atomic E-state index is 0.112. The number of carbonyl (C=O) groups excluding carboxylic acids is 1. The van der Waals surface area contributed by atoms with Crippen molar-refractivity contribution in [2.24, 2.45) is 0 Å². The van der Waals surface area contributed by atoms with Gasteiger partial charge in [-0.15, -0.1) is 0 Å². The fourth-order valence-electron chi connectivity index (χ4n) is 4.67. The molecule has 2 aromatic rings. The van der Waals surface area contributed by atoms with Crippen molar-refractivity contribution in [2.45, 2.75) is 50.1 Å². The van der Waals surface area contributed by atoms with Crippen LogP contribution in [0.15, 0.2) is 60.7 Å². The minimum atomic E-state index is 0.112. The molecule has 0 aromatic heterocycles. The lowest BCUT2D eigenvalue weighted by Crippen LogP contribution is -2.47. The van der Waals surface area contributed by atoms with Crippen LogP contribution in [-0.4, -0.2) is 36.0 Å². The lowest BCUT2D eigenvalue weighted by atomic mass is 9.88. The summed E-state index contributed by atoms with van der Waals surface area (Å²) in [5.74, 6) is 0.293. The highest BCUT2D eigenvalue weighted by Gasteiger charge is 2.36. The molecule has 0 unspecified atom stereocenters. The number of rotatable bonds is 5. The number of hydrogen-bond acceptors (Lipinski definition) is 2. The smallest absolute Gasteiger partial charge is 0.221 e. The topological polar surface area (TPSA) is 32.3 Å². The van der Waals surface area contributed by atoms with E-state index in [1.807, 2.05) is 12.1 Å². The molecule has 1 N–H and O–H groups in total. The number of amides is 1. The van der Waals surface area contributed by atoms with E-state index in [0.717, 1.165) is 13.0 Å². The van der Waals surface area contributed by atoms with Crippen molar-refractivity contribution in [3.8, 4) is 0 Å². The first-order chi connectivity index (χ1) is 12.8. The van der Waals surface area contributed by atoms with Crippen LogP contribution in [-0.2, 0) is 4.79 Å². The summed E-state index contributed by atoms with van der Waals surface area (Å²) in [6.45, 7) is 2.34. The quantitative estimate of drug-likeness (QED) is 0.887. The standard InChI is InChI=1S/C23H28N2O/c26-23(24-21-14-16-25-15-8-7-13-22(21)25)17-20(18-9-3-1-4-10-18)19-11-5-2-6-12-19/h1-6,9-12,20-22H,7-8,13-17H2,(H,24,26)/t21-,22-/m0/s1.